The van der Waals surface area contributed by atoms with Crippen LogP contribution in [0.4, 0.5) is 0 Å². The van der Waals surface area contributed by atoms with Gasteiger partial charge < -0.3 is 19.5 Å². The Kier molecular flexibility index (Phi) is 5.40. The lowest BCUT2D eigenvalue weighted by molar-refractivity contribution is -0.102. The Morgan fingerprint density at radius 3 is 2.71 bits per heavy atom. The summed E-state index contributed by atoms with van der Waals surface area (Å²) in [5.74, 6) is 0. The maximum absolute atomic E-state index is 5.47. The molecule has 0 spiro atoms. The first-order chi connectivity index (χ1) is 6.76. The van der Waals surface area contributed by atoms with Gasteiger partial charge in [-0.3, -0.25) is 0 Å². The van der Waals surface area contributed by atoms with Crippen LogP contribution in [0.15, 0.2) is 0 Å². The Bertz CT molecular complexity index is 150. The highest BCUT2D eigenvalue weighted by molar-refractivity contribution is 4.74. The molecule has 0 aromatic rings. The largest absolute Gasteiger partial charge is 0.378 e. The highest BCUT2D eigenvalue weighted by Crippen LogP contribution is 2.12. The molecule has 4 nitrogen and oxygen atoms in total. The van der Waals surface area contributed by atoms with Crippen molar-refractivity contribution in [3.8, 4) is 0 Å². The van der Waals surface area contributed by atoms with E-state index in [2.05, 4.69) is 12.2 Å². The minimum atomic E-state index is -0.145. The van der Waals surface area contributed by atoms with Crippen molar-refractivity contribution in [3.05, 3.63) is 0 Å². The quantitative estimate of drug-likeness (QED) is 0.670. The summed E-state index contributed by atoms with van der Waals surface area (Å²) in [5, 5.41) is 3.42. The number of hydrogen-bond donors (Lipinski definition) is 1. The highest BCUT2D eigenvalue weighted by atomic mass is 16.7. The number of methoxy groups -OCH3 is 2. The van der Waals surface area contributed by atoms with E-state index in [-0.39, 0.29) is 6.29 Å². The van der Waals surface area contributed by atoms with E-state index in [1.807, 2.05) is 0 Å². The van der Waals surface area contributed by atoms with Crippen LogP contribution in [0.5, 0.6) is 0 Å². The summed E-state index contributed by atoms with van der Waals surface area (Å²) in [5.41, 5.74) is 0. The molecule has 2 unspecified atom stereocenters. The molecule has 14 heavy (non-hydrogen) atoms. The van der Waals surface area contributed by atoms with Gasteiger partial charge in [-0.15, -0.1) is 0 Å². The Balaban J connectivity index is 2.16. The Hall–Kier alpha value is -0.160. The SMILES string of the molecule is COC(CNC1CCOC(C)C1)OC. The van der Waals surface area contributed by atoms with Crippen LogP contribution in [0.25, 0.3) is 0 Å². The minimum Gasteiger partial charge on any atom is -0.378 e. The molecular weight excluding hydrogens is 182 g/mol. The van der Waals surface area contributed by atoms with Gasteiger partial charge in [0, 0.05) is 33.4 Å². The second-order valence-electron chi connectivity index (χ2n) is 3.71. The zero-order valence-electron chi connectivity index (χ0n) is 9.29. The molecule has 1 fully saturated rings. The van der Waals surface area contributed by atoms with Gasteiger partial charge in [-0.1, -0.05) is 0 Å². The summed E-state index contributed by atoms with van der Waals surface area (Å²) in [4.78, 5) is 0. The summed E-state index contributed by atoms with van der Waals surface area (Å²) >= 11 is 0. The van der Waals surface area contributed by atoms with E-state index >= 15 is 0 Å². The zero-order valence-corrected chi connectivity index (χ0v) is 9.29. The van der Waals surface area contributed by atoms with E-state index < -0.39 is 0 Å². The van der Waals surface area contributed by atoms with E-state index in [0.717, 1.165) is 26.0 Å². The first-order valence-electron chi connectivity index (χ1n) is 5.16. The maximum atomic E-state index is 5.47. The third-order valence-corrected chi connectivity index (χ3v) is 2.58. The van der Waals surface area contributed by atoms with Gasteiger partial charge in [0.15, 0.2) is 6.29 Å². The van der Waals surface area contributed by atoms with Crippen LogP contribution < -0.4 is 5.32 Å². The molecule has 1 N–H and O–H groups in total. The molecule has 0 aromatic carbocycles. The number of nitrogens with one attached hydrogen (secondary N) is 1. The molecule has 1 heterocycles. The van der Waals surface area contributed by atoms with E-state index in [0.29, 0.717) is 12.1 Å². The number of rotatable bonds is 5. The Morgan fingerprint density at radius 2 is 2.14 bits per heavy atom. The van der Waals surface area contributed by atoms with Gasteiger partial charge >= 0.3 is 0 Å². The molecule has 2 atom stereocenters. The normalized spacial score (nSPS) is 28.3. The van der Waals surface area contributed by atoms with Crippen LogP contribution in [-0.2, 0) is 14.2 Å². The first-order valence-corrected chi connectivity index (χ1v) is 5.16. The van der Waals surface area contributed by atoms with Crippen molar-refractivity contribution in [2.45, 2.75) is 38.2 Å². The lowest BCUT2D eigenvalue weighted by atomic mass is 10.0. The van der Waals surface area contributed by atoms with Crippen molar-refractivity contribution in [1.29, 1.82) is 0 Å². The second-order valence-corrected chi connectivity index (χ2v) is 3.71. The van der Waals surface area contributed by atoms with Crippen molar-refractivity contribution in [3.63, 3.8) is 0 Å². The second kappa shape index (κ2) is 6.35. The third-order valence-electron chi connectivity index (χ3n) is 2.58. The van der Waals surface area contributed by atoms with Crippen molar-refractivity contribution in [2.75, 3.05) is 27.4 Å². The van der Waals surface area contributed by atoms with Crippen molar-refractivity contribution >= 4 is 0 Å². The van der Waals surface area contributed by atoms with E-state index in [1.165, 1.54) is 0 Å². The van der Waals surface area contributed by atoms with Crippen LogP contribution in [0, 0.1) is 0 Å². The van der Waals surface area contributed by atoms with Crippen LogP contribution in [-0.4, -0.2) is 45.8 Å². The Labute approximate surface area is 85.9 Å². The van der Waals surface area contributed by atoms with Crippen LogP contribution >= 0.6 is 0 Å². The third kappa shape index (κ3) is 3.92. The lowest BCUT2D eigenvalue weighted by Crippen LogP contribution is -2.42. The fourth-order valence-electron chi connectivity index (χ4n) is 1.71. The summed E-state index contributed by atoms with van der Waals surface area (Å²) in [6.07, 6.45) is 2.36. The van der Waals surface area contributed by atoms with Crippen molar-refractivity contribution in [2.24, 2.45) is 0 Å². The highest BCUT2D eigenvalue weighted by Gasteiger charge is 2.19. The molecule has 84 valence electrons. The van der Waals surface area contributed by atoms with E-state index in [1.54, 1.807) is 14.2 Å². The van der Waals surface area contributed by atoms with Crippen LogP contribution in [0.3, 0.4) is 0 Å². The fraction of sp³-hybridized carbons (Fsp3) is 1.00. The van der Waals surface area contributed by atoms with Gasteiger partial charge in [-0.05, 0) is 19.8 Å². The smallest absolute Gasteiger partial charge is 0.169 e. The number of ether oxygens (including phenoxy) is 3. The molecular formula is C10H21NO3. The monoisotopic (exact) mass is 203 g/mol. The molecule has 1 aliphatic heterocycles. The first kappa shape index (κ1) is 11.9. The number of hydrogen-bond acceptors (Lipinski definition) is 4. The maximum Gasteiger partial charge on any atom is 0.169 e. The predicted molar refractivity (Wildman–Crippen MR) is 54.2 cm³/mol. The van der Waals surface area contributed by atoms with Crippen LogP contribution in [0.2, 0.25) is 0 Å². The van der Waals surface area contributed by atoms with Gasteiger partial charge in [-0.25, -0.2) is 0 Å². The average Bonchev–Trinajstić information content (AvgIpc) is 2.19. The Morgan fingerprint density at radius 1 is 1.43 bits per heavy atom. The summed E-state index contributed by atoms with van der Waals surface area (Å²) < 4.78 is 15.7. The summed E-state index contributed by atoms with van der Waals surface area (Å²) in [6, 6.07) is 0.534. The molecule has 4 heteroatoms. The van der Waals surface area contributed by atoms with Crippen molar-refractivity contribution in [1.82, 2.24) is 5.32 Å². The summed E-state index contributed by atoms with van der Waals surface area (Å²) in [7, 11) is 3.31. The van der Waals surface area contributed by atoms with Gasteiger partial charge in [0.2, 0.25) is 0 Å². The zero-order chi connectivity index (χ0) is 10.4. The van der Waals surface area contributed by atoms with Gasteiger partial charge in [-0.2, -0.15) is 0 Å². The molecule has 0 saturated carbocycles. The van der Waals surface area contributed by atoms with Gasteiger partial charge in [0.05, 0.1) is 6.10 Å². The summed E-state index contributed by atoms with van der Waals surface area (Å²) in [6.45, 7) is 3.70. The standard InChI is InChI=1S/C10H21NO3/c1-8-6-9(4-5-14-8)11-7-10(12-2)13-3/h8-11H,4-7H2,1-3H3. The average molecular weight is 203 g/mol. The molecule has 0 radical (unpaired) electrons. The van der Waals surface area contributed by atoms with Crippen LogP contribution in [0.1, 0.15) is 19.8 Å². The minimum absolute atomic E-state index is 0.145. The molecule has 1 rings (SSSR count). The molecule has 0 aromatic heterocycles. The van der Waals surface area contributed by atoms with Gasteiger partial charge in [0.1, 0.15) is 0 Å². The molecule has 0 bridgehead atoms. The topological polar surface area (TPSA) is 39.7 Å². The molecule has 1 aliphatic rings. The van der Waals surface area contributed by atoms with Crippen molar-refractivity contribution < 1.29 is 14.2 Å². The molecule has 1 saturated heterocycles. The van der Waals surface area contributed by atoms with Gasteiger partial charge in [0.25, 0.3) is 0 Å². The predicted octanol–water partition coefficient (Wildman–Crippen LogP) is 0.762. The fourth-order valence-corrected chi connectivity index (χ4v) is 1.71. The molecule has 0 amide bonds. The molecule has 0 aliphatic carbocycles. The van der Waals surface area contributed by atoms with E-state index in [4.69, 9.17) is 14.2 Å². The van der Waals surface area contributed by atoms with E-state index in [9.17, 15) is 0 Å². The lowest BCUT2D eigenvalue weighted by Gasteiger charge is -2.29.